The van der Waals surface area contributed by atoms with Crippen molar-refractivity contribution in [3.05, 3.63) is 0 Å². The van der Waals surface area contributed by atoms with E-state index < -0.39 is 0 Å². The second kappa shape index (κ2) is 6.91. The van der Waals surface area contributed by atoms with Gasteiger partial charge >= 0.3 is 0 Å². The zero-order chi connectivity index (χ0) is 13.0. The molecule has 0 heterocycles. The lowest BCUT2D eigenvalue weighted by Crippen LogP contribution is -2.39. The fourth-order valence-corrected chi connectivity index (χ4v) is 4.18. The van der Waals surface area contributed by atoms with Gasteiger partial charge in [0.1, 0.15) is 0 Å². The zero-order valence-electron chi connectivity index (χ0n) is 12.4. The van der Waals surface area contributed by atoms with Crippen molar-refractivity contribution >= 4 is 0 Å². The molecule has 0 bridgehead atoms. The average molecular weight is 252 g/mol. The summed E-state index contributed by atoms with van der Waals surface area (Å²) in [6.45, 7) is 4.55. The van der Waals surface area contributed by atoms with E-state index in [-0.39, 0.29) is 0 Å². The molecule has 2 aliphatic carbocycles. The quantitative estimate of drug-likeness (QED) is 0.814. The van der Waals surface area contributed by atoms with Gasteiger partial charge in [-0.05, 0) is 69.9 Å². The fourth-order valence-electron chi connectivity index (χ4n) is 4.18. The Morgan fingerprint density at radius 2 is 1.67 bits per heavy atom. The molecule has 2 heteroatoms. The molecule has 0 aromatic rings. The lowest BCUT2D eigenvalue weighted by atomic mass is 9.83. The van der Waals surface area contributed by atoms with Crippen molar-refractivity contribution in [2.75, 3.05) is 20.1 Å². The second-order valence-electron chi connectivity index (χ2n) is 6.71. The highest BCUT2D eigenvalue weighted by molar-refractivity contribution is 4.84. The molecule has 2 saturated carbocycles. The first kappa shape index (κ1) is 14.3. The first-order chi connectivity index (χ1) is 8.74. The van der Waals surface area contributed by atoms with Crippen LogP contribution in [0.5, 0.6) is 0 Å². The Hall–Kier alpha value is -0.0800. The highest BCUT2D eigenvalue weighted by Crippen LogP contribution is 2.34. The van der Waals surface area contributed by atoms with Crippen LogP contribution < -0.4 is 5.73 Å². The van der Waals surface area contributed by atoms with Crippen LogP contribution >= 0.6 is 0 Å². The molecular formula is C16H32N2. The van der Waals surface area contributed by atoms with Crippen molar-refractivity contribution in [2.45, 2.75) is 64.3 Å². The average Bonchev–Trinajstić information content (AvgIpc) is 2.86. The Labute approximate surface area is 113 Å². The monoisotopic (exact) mass is 252 g/mol. The van der Waals surface area contributed by atoms with Gasteiger partial charge in [0.25, 0.3) is 0 Å². The molecule has 2 fully saturated rings. The number of hydrogen-bond donors (Lipinski definition) is 1. The van der Waals surface area contributed by atoms with Gasteiger partial charge in [-0.25, -0.2) is 0 Å². The largest absolute Gasteiger partial charge is 0.330 e. The topological polar surface area (TPSA) is 29.3 Å². The van der Waals surface area contributed by atoms with Crippen LogP contribution in [0.15, 0.2) is 0 Å². The maximum absolute atomic E-state index is 5.90. The van der Waals surface area contributed by atoms with Gasteiger partial charge in [-0.2, -0.15) is 0 Å². The molecule has 2 nitrogen and oxygen atoms in total. The molecule has 2 atom stereocenters. The Morgan fingerprint density at radius 1 is 1.00 bits per heavy atom. The zero-order valence-corrected chi connectivity index (χ0v) is 12.4. The Kier molecular flexibility index (Phi) is 5.50. The number of rotatable bonds is 5. The Morgan fingerprint density at radius 3 is 2.28 bits per heavy atom. The van der Waals surface area contributed by atoms with E-state index in [4.69, 9.17) is 5.73 Å². The second-order valence-corrected chi connectivity index (χ2v) is 6.71. The van der Waals surface area contributed by atoms with E-state index in [1.807, 2.05) is 0 Å². The summed E-state index contributed by atoms with van der Waals surface area (Å²) in [5, 5.41) is 0. The minimum atomic E-state index is 0.805. The summed E-state index contributed by atoms with van der Waals surface area (Å²) in [7, 11) is 2.35. The van der Waals surface area contributed by atoms with Gasteiger partial charge in [0.05, 0.1) is 0 Å². The molecule has 0 aromatic carbocycles. The summed E-state index contributed by atoms with van der Waals surface area (Å²) in [5.41, 5.74) is 5.90. The molecule has 0 amide bonds. The molecule has 0 spiro atoms. The van der Waals surface area contributed by atoms with Crippen LogP contribution in [-0.4, -0.2) is 31.1 Å². The van der Waals surface area contributed by atoms with Gasteiger partial charge in [0.15, 0.2) is 0 Å². The molecule has 2 rings (SSSR count). The molecule has 2 N–H and O–H groups in total. The molecule has 106 valence electrons. The normalized spacial score (nSPS) is 37.3. The van der Waals surface area contributed by atoms with Crippen LogP contribution in [0.1, 0.15) is 58.3 Å². The van der Waals surface area contributed by atoms with Crippen molar-refractivity contribution in [1.29, 1.82) is 0 Å². The van der Waals surface area contributed by atoms with E-state index in [2.05, 4.69) is 18.9 Å². The summed E-state index contributed by atoms with van der Waals surface area (Å²) in [6, 6.07) is 0.854. The third-order valence-electron chi connectivity index (χ3n) is 5.66. The molecule has 0 saturated heterocycles. The van der Waals surface area contributed by atoms with E-state index in [1.165, 1.54) is 57.9 Å². The standard InChI is InChI=1S/C16H32N2/c1-3-13-7-9-16(10-8-13)18(2)12-15-6-4-5-14(15)11-17/h13-16H,3-12,17H2,1-2H3. The fraction of sp³-hybridized carbons (Fsp3) is 1.00. The Bertz CT molecular complexity index is 233. The first-order valence-electron chi connectivity index (χ1n) is 8.14. The summed E-state index contributed by atoms with van der Waals surface area (Å²) in [4.78, 5) is 2.66. The van der Waals surface area contributed by atoms with Crippen LogP contribution in [-0.2, 0) is 0 Å². The van der Waals surface area contributed by atoms with Crippen LogP contribution in [0.25, 0.3) is 0 Å². The van der Waals surface area contributed by atoms with E-state index in [0.29, 0.717) is 0 Å². The SMILES string of the molecule is CCC1CCC(N(C)CC2CCCC2CN)CC1. The van der Waals surface area contributed by atoms with Crippen LogP contribution in [0.4, 0.5) is 0 Å². The number of nitrogens with two attached hydrogens (primary N) is 1. The maximum atomic E-state index is 5.90. The van der Waals surface area contributed by atoms with Crippen molar-refractivity contribution in [3.63, 3.8) is 0 Å². The van der Waals surface area contributed by atoms with Crippen molar-refractivity contribution in [2.24, 2.45) is 23.5 Å². The predicted molar refractivity (Wildman–Crippen MR) is 78.6 cm³/mol. The summed E-state index contributed by atoms with van der Waals surface area (Å²) in [6.07, 6.45) is 11.3. The smallest absolute Gasteiger partial charge is 0.00925 e. The molecule has 2 unspecified atom stereocenters. The first-order valence-corrected chi connectivity index (χ1v) is 8.14. The van der Waals surface area contributed by atoms with Crippen molar-refractivity contribution in [1.82, 2.24) is 4.90 Å². The summed E-state index contributed by atoms with van der Waals surface area (Å²) >= 11 is 0. The van der Waals surface area contributed by atoms with Gasteiger partial charge in [-0.15, -0.1) is 0 Å². The van der Waals surface area contributed by atoms with E-state index in [9.17, 15) is 0 Å². The van der Waals surface area contributed by atoms with Crippen LogP contribution in [0.2, 0.25) is 0 Å². The van der Waals surface area contributed by atoms with Gasteiger partial charge < -0.3 is 10.6 Å². The third-order valence-corrected chi connectivity index (χ3v) is 5.66. The molecule has 0 radical (unpaired) electrons. The van der Waals surface area contributed by atoms with Crippen LogP contribution in [0.3, 0.4) is 0 Å². The molecule has 2 aliphatic rings. The van der Waals surface area contributed by atoms with Gasteiger partial charge in [-0.1, -0.05) is 19.8 Å². The van der Waals surface area contributed by atoms with E-state index >= 15 is 0 Å². The van der Waals surface area contributed by atoms with Gasteiger partial charge in [-0.3, -0.25) is 0 Å². The molecular weight excluding hydrogens is 220 g/mol. The van der Waals surface area contributed by atoms with Gasteiger partial charge in [0, 0.05) is 12.6 Å². The van der Waals surface area contributed by atoms with Crippen molar-refractivity contribution < 1.29 is 0 Å². The lowest BCUT2D eigenvalue weighted by Gasteiger charge is -2.36. The van der Waals surface area contributed by atoms with Crippen LogP contribution in [0, 0.1) is 17.8 Å². The minimum Gasteiger partial charge on any atom is -0.330 e. The highest BCUT2D eigenvalue weighted by Gasteiger charge is 2.30. The molecule has 0 aromatic heterocycles. The number of nitrogens with zero attached hydrogens (tertiary/aromatic N) is 1. The minimum absolute atomic E-state index is 0.805. The van der Waals surface area contributed by atoms with Gasteiger partial charge in [0.2, 0.25) is 0 Å². The predicted octanol–water partition coefficient (Wildman–Crippen LogP) is 3.26. The molecule has 0 aliphatic heterocycles. The van der Waals surface area contributed by atoms with E-state index in [1.54, 1.807) is 0 Å². The molecule has 18 heavy (non-hydrogen) atoms. The maximum Gasteiger partial charge on any atom is 0.00925 e. The summed E-state index contributed by atoms with van der Waals surface area (Å²) < 4.78 is 0. The lowest BCUT2D eigenvalue weighted by molar-refractivity contribution is 0.134. The number of hydrogen-bond acceptors (Lipinski definition) is 2. The summed E-state index contributed by atoms with van der Waals surface area (Å²) in [5.74, 6) is 2.70. The van der Waals surface area contributed by atoms with Crippen molar-refractivity contribution in [3.8, 4) is 0 Å². The van der Waals surface area contributed by atoms with E-state index in [0.717, 1.165) is 30.3 Å². The third kappa shape index (κ3) is 3.48. The highest BCUT2D eigenvalue weighted by atomic mass is 15.1. The Balaban J connectivity index is 1.76.